The van der Waals surface area contributed by atoms with Crippen LogP contribution in [0.25, 0.3) is 0 Å². The fourth-order valence-electron chi connectivity index (χ4n) is 2.51. The Morgan fingerprint density at radius 2 is 2.07 bits per heavy atom. The molecule has 0 aromatic carbocycles. The zero-order valence-electron chi connectivity index (χ0n) is 10.1. The summed E-state index contributed by atoms with van der Waals surface area (Å²) >= 11 is 0. The molecule has 0 bridgehead atoms. The van der Waals surface area contributed by atoms with E-state index in [-0.39, 0.29) is 5.54 Å². The Kier molecular flexibility index (Phi) is 3.96. The average molecular weight is 199 g/mol. The lowest BCUT2D eigenvalue weighted by Crippen LogP contribution is -2.55. The molecule has 0 aliphatic carbocycles. The van der Waals surface area contributed by atoms with Crippen LogP contribution in [0.3, 0.4) is 0 Å². The predicted molar refractivity (Wildman–Crippen MR) is 60.3 cm³/mol. The molecule has 0 radical (unpaired) electrons. The molecular formula is C12H25NO. The third kappa shape index (κ3) is 2.48. The predicted octanol–water partition coefficient (Wildman–Crippen LogP) is 2.13. The van der Waals surface area contributed by atoms with Crippen LogP contribution in [0.4, 0.5) is 0 Å². The highest BCUT2D eigenvalue weighted by atomic mass is 16.3. The Morgan fingerprint density at radius 1 is 1.43 bits per heavy atom. The van der Waals surface area contributed by atoms with Crippen molar-refractivity contribution in [2.75, 3.05) is 19.7 Å². The van der Waals surface area contributed by atoms with E-state index >= 15 is 0 Å². The standard InChI is InChI=1S/C12H25NO/c1-10(2)8-13-7-5-6-11(9-14)12(13,3)4/h10-11,14H,5-9H2,1-4H3. The van der Waals surface area contributed by atoms with Crippen molar-refractivity contribution in [2.24, 2.45) is 11.8 Å². The van der Waals surface area contributed by atoms with Gasteiger partial charge in [0.2, 0.25) is 0 Å². The molecule has 0 aromatic rings. The van der Waals surface area contributed by atoms with E-state index < -0.39 is 0 Å². The fourth-order valence-corrected chi connectivity index (χ4v) is 2.51. The summed E-state index contributed by atoms with van der Waals surface area (Å²) in [7, 11) is 0. The lowest BCUT2D eigenvalue weighted by Gasteiger charge is -2.48. The van der Waals surface area contributed by atoms with Gasteiger partial charge >= 0.3 is 0 Å². The molecule has 84 valence electrons. The molecule has 2 nitrogen and oxygen atoms in total. The number of piperidine rings is 1. The largest absolute Gasteiger partial charge is 0.396 e. The van der Waals surface area contributed by atoms with Gasteiger partial charge in [-0.25, -0.2) is 0 Å². The number of hydrogen-bond acceptors (Lipinski definition) is 2. The lowest BCUT2D eigenvalue weighted by molar-refractivity contribution is -0.0109. The van der Waals surface area contributed by atoms with Crippen LogP contribution >= 0.6 is 0 Å². The van der Waals surface area contributed by atoms with Crippen molar-refractivity contribution in [3.05, 3.63) is 0 Å². The van der Waals surface area contributed by atoms with Crippen LogP contribution in [0.2, 0.25) is 0 Å². The molecule has 0 aromatic heterocycles. The summed E-state index contributed by atoms with van der Waals surface area (Å²) in [6.07, 6.45) is 2.42. The average Bonchev–Trinajstić information content (AvgIpc) is 2.07. The van der Waals surface area contributed by atoms with Gasteiger partial charge in [0.15, 0.2) is 0 Å². The van der Waals surface area contributed by atoms with E-state index in [0.717, 1.165) is 6.54 Å². The highest BCUT2D eigenvalue weighted by molar-refractivity contribution is 4.92. The quantitative estimate of drug-likeness (QED) is 0.752. The van der Waals surface area contributed by atoms with E-state index in [9.17, 15) is 5.11 Å². The van der Waals surface area contributed by atoms with Crippen LogP contribution in [-0.4, -0.2) is 35.2 Å². The van der Waals surface area contributed by atoms with Gasteiger partial charge in [-0.3, -0.25) is 4.90 Å². The van der Waals surface area contributed by atoms with Gasteiger partial charge in [-0.1, -0.05) is 13.8 Å². The van der Waals surface area contributed by atoms with Crippen LogP contribution in [0, 0.1) is 11.8 Å². The molecule has 1 rings (SSSR count). The number of rotatable bonds is 3. The topological polar surface area (TPSA) is 23.5 Å². The van der Waals surface area contributed by atoms with Gasteiger partial charge in [-0.05, 0) is 45.1 Å². The minimum absolute atomic E-state index is 0.178. The summed E-state index contributed by atoms with van der Waals surface area (Å²) in [5.74, 6) is 1.17. The van der Waals surface area contributed by atoms with Gasteiger partial charge in [-0.2, -0.15) is 0 Å². The minimum Gasteiger partial charge on any atom is -0.396 e. The van der Waals surface area contributed by atoms with Gasteiger partial charge < -0.3 is 5.11 Å². The molecule has 1 aliphatic heterocycles. The maximum atomic E-state index is 9.35. The second-order valence-electron chi connectivity index (χ2n) is 5.52. The summed E-state index contributed by atoms with van der Waals surface area (Å²) < 4.78 is 0. The smallest absolute Gasteiger partial charge is 0.0476 e. The number of aliphatic hydroxyl groups excluding tert-OH is 1. The molecule has 2 heteroatoms. The fraction of sp³-hybridized carbons (Fsp3) is 1.00. The van der Waals surface area contributed by atoms with Crippen LogP contribution in [-0.2, 0) is 0 Å². The van der Waals surface area contributed by atoms with Gasteiger partial charge in [0, 0.05) is 18.7 Å². The Balaban J connectivity index is 2.65. The van der Waals surface area contributed by atoms with Crippen LogP contribution < -0.4 is 0 Å². The number of hydrogen-bond donors (Lipinski definition) is 1. The zero-order valence-corrected chi connectivity index (χ0v) is 10.1. The molecular weight excluding hydrogens is 174 g/mol. The van der Waals surface area contributed by atoms with Gasteiger partial charge in [0.05, 0.1) is 0 Å². The summed E-state index contributed by atoms with van der Waals surface area (Å²) in [5.41, 5.74) is 0.178. The van der Waals surface area contributed by atoms with Crippen molar-refractivity contribution in [3.63, 3.8) is 0 Å². The molecule has 1 aliphatic rings. The van der Waals surface area contributed by atoms with Crippen molar-refractivity contribution >= 4 is 0 Å². The summed E-state index contributed by atoms with van der Waals surface area (Å²) in [4.78, 5) is 2.54. The highest BCUT2D eigenvalue weighted by Gasteiger charge is 2.37. The minimum atomic E-state index is 0.178. The molecule has 1 unspecified atom stereocenters. The summed E-state index contributed by atoms with van der Waals surface area (Å²) in [6.45, 7) is 11.8. The lowest BCUT2D eigenvalue weighted by atomic mass is 9.79. The van der Waals surface area contributed by atoms with Gasteiger partial charge in [0.25, 0.3) is 0 Å². The third-order valence-corrected chi connectivity index (χ3v) is 3.60. The molecule has 1 heterocycles. The van der Waals surface area contributed by atoms with Gasteiger partial charge in [-0.15, -0.1) is 0 Å². The number of likely N-dealkylation sites (tertiary alicyclic amines) is 1. The Morgan fingerprint density at radius 3 is 2.57 bits per heavy atom. The number of nitrogens with zero attached hydrogens (tertiary/aromatic N) is 1. The Bertz CT molecular complexity index is 177. The first-order valence-electron chi connectivity index (χ1n) is 5.84. The van der Waals surface area contributed by atoms with Crippen LogP contribution in [0.1, 0.15) is 40.5 Å². The van der Waals surface area contributed by atoms with Crippen molar-refractivity contribution in [2.45, 2.75) is 46.1 Å². The zero-order chi connectivity index (χ0) is 10.8. The van der Waals surface area contributed by atoms with E-state index in [2.05, 4.69) is 32.6 Å². The maximum Gasteiger partial charge on any atom is 0.0476 e. The maximum absolute atomic E-state index is 9.35. The first-order chi connectivity index (χ1) is 6.48. The van der Waals surface area contributed by atoms with Crippen molar-refractivity contribution < 1.29 is 5.11 Å². The monoisotopic (exact) mass is 199 g/mol. The molecule has 0 saturated carbocycles. The first-order valence-corrected chi connectivity index (χ1v) is 5.84. The molecule has 1 saturated heterocycles. The molecule has 0 amide bonds. The second-order valence-corrected chi connectivity index (χ2v) is 5.52. The van der Waals surface area contributed by atoms with Crippen LogP contribution in [0.5, 0.6) is 0 Å². The molecule has 0 spiro atoms. The van der Waals surface area contributed by atoms with Crippen LogP contribution in [0.15, 0.2) is 0 Å². The molecule has 1 atom stereocenters. The van der Waals surface area contributed by atoms with E-state index in [0.29, 0.717) is 18.4 Å². The SMILES string of the molecule is CC(C)CN1CCCC(CO)C1(C)C. The Labute approximate surface area is 88.3 Å². The van der Waals surface area contributed by atoms with E-state index in [4.69, 9.17) is 0 Å². The van der Waals surface area contributed by atoms with E-state index in [1.165, 1.54) is 19.4 Å². The second kappa shape index (κ2) is 4.63. The first kappa shape index (κ1) is 12.0. The molecule has 1 fully saturated rings. The van der Waals surface area contributed by atoms with Crippen molar-refractivity contribution in [1.82, 2.24) is 4.90 Å². The number of aliphatic hydroxyl groups is 1. The van der Waals surface area contributed by atoms with E-state index in [1.54, 1.807) is 0 Å². The summed E-state index contributed by atoms with van der Waals surface area (Å²) in [5, 5.41) is 9.35. The Hall–Kier alpha value is -0.0800. The highest BCUT2D eigenvalue weighted by Crippen LogP contribution is 2.33. The van der Waals surface area contributed by atoms with Crippen molar-refractivity contribution in [3.8, 4) is 0 Å². The summed E-state index contributed by atoms with van der Waals surface area (Å²) in [6, 6.07) is 0. The van der Waals surface area contributed by atoms with E-state index in [1.807, 2.05) is 0 Å². The van der Waals surface area contributed by atoms with Gasteiger partial charge in [0.1, 0.15) is 0 Å². The normalized spacial score (nSPS) is 28.3. The molecule has 14 heavy (non-hydrogen) atoms. The molecule has 1 N–H and O–H groups in total. The third-order valence-electron chi connectivity index (χ3n) is 3.60. The van der Waals surface area contributed by atoms with Crippen molar-refractivity contribution in [1.29, 1.82) is 0 Å².